The van der Waals surface area contributed by atoms with Gasteiger partial charge in [-0.25, -0.2) is 0 Å². The largest absolute Gasteiger partial charge is 0.360 e. The minimum Gasteiger partial charge on any atom is -0.360 e. The lowest BCUT2D eigenvalue weighted by molar-refractivity contribution is 0.0875. The van der Waals surface area contributed by atoms with Gasteiger partial charge in [0.25, 0.3) is 5.91 Å². The van der Waals surface area contributed by atoms with Gasteiger partial charge < -0.3 is 9.84 Å². The first-order chi connectivity index (χ1) is 14.7. The van der Waals surface area contributed by atoms with Gasteiger partial charge in [0.15, 0.2) is 0 Å². The summed E-state index contributed by atoms with van der Waals surface area (Å²) in [5, 5.41) is 7.42. The second-order valence-corrected chi connectivity index (χ2v) is 8.47. The number of fused-ring (bicyclic) bond motifs is 1. The Hall–Kier alpha value is -2.92. The molecular formula is C25H27N3O2. The molecule has 30 heavy (non-hydrogen) atoms. The maximum absolute atomic E-state index is 13.2. The Labute approximate surface area is 177 Å². The first-order valence-electron chi connectivity index (χ1n) is 10.8. The molecule has 0 unspecified atom stereocenters. The maximum atomic E-state index is 13.2. The number of nitrogens with zero attached hydrogens (tertiary/aromatic N) is 2. The van der Waals surface area contributed by atoms with Crippen molar-refractivity contribution in [1.29, 1.82) is 0 Å². The molecule has 0 saturated carbocycles. The number of aromatic nitrogens is 1. The van der Waals surface area contributed by atoms with Crippen LogP contribution in [0.4, 0.5) is 0 Å². The van der Waals surface area contributed by atoms with Crippen molar-refractivity contribution >= 4 is 5.91 Å². The first kappa shape index (κ1) is 19.1. The van der Waals surface area contributed by atoms with Gasteiger partial charge in [-0.2, -0.15) is 0 Å². The Balaban J connectivity index is 1.28. The molecule has 1 fully saturated rings. The Bertz CT molecular complexity index is 1020. The van der Waals surface area contributed by atoms with E-state index < -0.39 is 0 Å². The Kier molecular flexibility index (Phi) is 5.13. The van der Waals surface area contributed by atoms with Crippen molar-refractivity contribution in [2.24, 2.45) is 0 Å². The summed E-state index contributed by atoms with van der Waals surface area (Å²) in [5.41, 5.74) is 5.01. The van der Waals surface area contributed by atoms with Crippen LogP contribution in [0.2, 0.25) is 0 Å². The molecular weight excluding hydrogens is 374 g/mol. The molecule has 1 saturated heterocycles. The molecule has 5 heteroatoms. The summed E-state index contributed by atoms with van der Waals surface area (Å²) in [6.45, 7) is 3.80. The number of rotatable bonds is 4. The minimum atomic E-state index is -0.0887. The van der Waals surface area contributed by atoms with Gasteiger partial charge in [0.05, 0.1) is 0 Å². The zero-order valence-corrected chi connectivity index (χ0v) is 17.3. The molecule has 0 bridgehead atoms. The number of amides is 1. The number of piperidine rings is 1. The molecule has 1 aliphatic heterocycles. The summed E-state index contributed by atoms with van der Waals surface area (Å²) in [6.07, 6.45) is 4.33. The van der Waals surface area contributed by atoms with Crippen molar-refractivity contribution in [3.05, 3.63) is 77.0 Å². The average Bonchev–Trinajstić information content (AvgIpc) is 3.38. The SMILES string of the molecule is Cc1onc(-c2ccccc2)c1C(=O)N[C@@H]1CCCN(C2Cc3ccccc3C2)C1. The van der Waals surface area contributed by atoms with Gasteiger partial charge >= 0.3 is 0 Å². The Morgan fingerprint density at radius 2 is 1.77 bits per heavy atom. The van der Waals surface area contributed by atoms with Crippen LogP contribution >= 0.6 is 0 Å². The van der Waals surface area contributed by atoms with Gasteiger partial charge in [-0.1, -0.05) is 59.8 Å². The van der Waals surface area contributed by atoms with Crippen LogP contribution in [0.25, 0.3) is 11.3 Å². The molecule has 1 atom stereocenters. The predicted molar refractivity (Wildman–Crippen MR) is 116 cm³/mol. The summed E-state index contributed by atoms with van der Waals surface area (Å²) in [5.74, 6) is 0.472. The molecule has 154 valence electrons. The number of hydrogen-bond donors (Lipinski definition) is 1. The van der Waals surface area contributed by atoms with E-state index in [0.29, 0.717) is 23.1 Å². The van der Waals surface area contributed by atoms with Crippen LogP contribution in [0.5, 0.6) is 0 Å². The molecule has 5 rings (SSSR count). The highest BCUT2D eigenvalue weighted by atomic mass is 16.5. The Morgan fingerprint density at radius 1 is 1.07 bits per heavy atom. The fourth-order valence-corrected chi connectivity index (χ4v) is 4.94. The summed E-state index contributed by atoms with van der Waals surface area (Å²) in [6, 6.07) is 19.2. The van der Waals surface area contributed by atoms with Crippen LogP contribution < -0.4 is 5.32 Å². The highest BCUT2D eigenvalue weighted by Gasteiger charge is 2.32. The van der Waals surface area contributed by atoms with Crippen molar-refractivity contribution in [3.8, 4) is 11.3 Å². The van der Waals surface area contributed by atoms with Gasteiger partial charge in [0, 0.05) is 24.2 Å². The number of likely N-dealkylation sites (tertiary alicyclic amines) is 1. The lowest BCUT2D eigenvalue weighted by Gasteiger charge is -2.37. The van der Waals surface area contributed by atoms with E-state index in [4.69, 9.17) is 4.52 Å². The maximum Gasteiger partial charge on any atom is 0.257 e. The van der Waals surface area contributed by atoms with Gasteiger partial charge in [-0.05, 0) is 50.3 Å². The summed E-state index contributed by atoms with van der Waals surface area (Å²) >= 11 is 0. The average molecular weight is 402 g/mol. The second-order valence-electron chi connectivity index (χ2n) is 8.47. The molecule has 2 aliphatic rings. The van der Waals surface area contributed by atoms with Crippen LogP contribution in [-0.2, 0) is 12.8 Å². The third kappa shape index (κ3) is 3.65. The van der Waals surface area contributed by atoms with Crippen LogP contribution in [0, 0.1) is 6.92 Å². The van der Waals surface area contributed by atoms with E-state index in [0.717, 1.165) is 44.3 Å². The minimum absolute atomic E-state index is 0.0887. The molecule has 2 aromatic carbocycles. The third-order valence-corrected chi connectivity index (χ3v) is 6.47. The molecule has 5 nitrogen and oxygen atoms in total. The van der Waals surface area contributed by atoms with Gasteiger partial charge in [0.2, 0.25) is 0 Å². The van der Waals surface area contributed by atoms with E-state index in [-0.39, 0.29) is 11.9 Å². The number of aryl methyl sites for hydroxylation is 1. The number of carbonyl (C=O) groups excluding carboxylic acids is 1. The fourth-order valence-electron chi connectivity index (χ4n) is 4.94. The van der Waals surface area contributed by atoms with Gasteiger partial charge in [0.1, 0.15) is 17.0 Å². The second kappa shape index (κ2) is 8.07. The Morgan fingerprint density at radius 3 is 2.50 bits per heavy atom. The summed E-state index contributed by atoms with van der Waals surface area (Å²) in [4.78, 5) is 15.7. The smallest absolute Gasteiger partial charge is 0.257 e. The molecule has 1 aromatic heterocycles. The van der Waals surface area contributed by atoms with Crippen LogP contribution in [0.1, 0.15) is 40.1 Å². The number of benzene rings is 2. The van der Waals surface area contributed by atoms with Gasteiger partial charge in [-0.3, -0.25) is 9.69 Å². The normalized spacial score (nSPS) is 19.6. The van der Waals surface area contributed by atoms with Gasteiger partial charge in [-0.15, -0.1) is 0 Å². The summed E-state index contributed by atoms with van der Waals surface area (Å²) < 4.78 is 5.38. The van der Waals surface area contributed by atoms with E-state index in [2.05, 4.69) is 39.6 Å². The molecule has 1 N–H and O–H groups in total. The third-order valence-electron chi connectivity index (χ3n) is 6.47. The predicted octanol–water partition coefficient (Wildman–Crippen LogP) is 4.01. The molecule has 1 aliphatic carbocycles. The lowest BCUT2D eigenvalue weighted by atomic mass is 10.0. The fraction of sp³-hybridized carbons (Fsp3) is 0.360. The highest BCUT2D eigenvalue weighted by molar-refractivity contribution is 6.00. The van der Waals surface area contributed by atoms with E-state index in [9.17, 15) is 4.79 Å². The molecule has 1 amide bonds. The quantitative estimate of drug-likeness (QED) is 0.718. The van der Waals surface area contributed by atoms with Crippen molar-refractivity contribution in [2.45, 2.75) is 44.7 Å². The van der Waals surface area contributed by atoms with Crippen molar-refractivity contribution in [1.82, 2.24) is 15.4 Å². The molecule has 3 aromatic rings. The zero-order chi connectivity index (χ0) is 20.5. The van der Waals surface area contributed by atoms with Crippen LogP contribution in [0.3, 0.4) is 0 Å². The number of hydrogen-bond acceptors (Lipinski definition) is 4. The molecule has 0 radical (unpaired) electrons. The molecule has 2 heterocycles. The van der Waals surface area contributed by atoms with Crippen LogP contribution in [0.15, 0.2) is 59.1 Å². The lowest BCUT2D eigenvalue weighted by Crippen LogP contribution is -2.51. The highest BCUT2D eigenvalue weighted by Crippen LogP contribution is 2.28. The van der Waals surface area contributed by atoms with Crippen molar-refractivity contribution < 1.29 is 9.32 Å². The molecule has 0 spiro atoms. The van der Waals surface area contributed by atoms with Crippen LogP contribution in [-0.4, -0.2) is 41.1 Å². The first-order valence-corrected chi connectivity index (χ1v) is 10.8. The zero-order valence-electron chi connectivity index (χ0n) is 17.3. The standard InChI is InChI=1S/C25H27N3O2/c1-17-23(24(27-30-17)18-8-3-2-4-9-18)25(29)26-21-12-7-13-28(16-21)22-14-19-10-5-6-11-20(19)15-22/h2-6,8-11,21-22H,7,12-16H2,1H3,(H,26,29)/t21-/m1/s1. The topological polar surface area (TPSA) is 58.4 Å². The van der Waals surface area contributed by atoms with Crippen molar-refractivity contribution in [2.75, 3.05) is 13.1 Å². The number of nitrogens with one attached hydrogen (secondary N) is 1. The summed E-state index contributed by atoms with van der Waals surface area (Å²) in [7, 11) is 0. The monoisotopic (exact) mass is 401 g/mol. The van der Waals surface area contributed by atoms with Crippen molar-refractivity contribution in [3.63, 3.8) is 0 Å². The van der Waals surface area contributed by atoms with E-state index in [1.807, 2.05) is 30.3 Å². The van der Waals surface area contributed by atoms with E-state index in [1.165, 1.54) is 11.1 Å². The number of carbonyl (C=O) groups is 1. The van der Waals surface area contributed by atoms with E-state index >= 15 is 0 Å². The van der Waals surface area contributed by atoms with E-state index in [1.54, 1.807) is 6.92 Å².